The van der Waals surface area contributed by atoms with Crippen LogP contribution in [0.5, 0.6) is 5.75 Å². The predicted octanol–water partition coefficient (Wildman–Crippen LogP) is 2.86. The summed E-state index contributed by atoms with van der Waals surface area (Å²) in [6, 6.07) is 7.19. The van der Waals surface area contributed by atoms with E-state index in [0.717, 1.165) is 29.7 Å². The fourth-order valence-electron chi connectivity index (χ4n) is 3.07. The van der Waals surface area contributed by atoms with Gasteiger partial charge in [-0.1, -0.05) is 17.7 Å². The predicted molar refractivity (Wildman–Crippen MR) is 86.7 cm³/mol. The fourth-order valence-corrected chi connectivity index (χ4v) is 3.07. The Morgan fingerprint density at radius 2 is 2.00 bits per heavy atom. The summed E-state index contributed by atoms with van der Waals surface area (Å²) in [5.74, 6) is 0.736. The molecule has 1 fully saturated rings. The third kappa shape index (κ3) is 3.33. The Labute approximate surface area is 132 Å². The van der Waals surface area contributed by atoms with Gasteiger partial charge in [-0.05, 0) is 51.3 Å². The van der Waals surface area contributed by atoms with E-state index in [4.69, 9.17) is 4.74 Å². The second-order valence-corrected chi connectivity index (χ2v) is 6.29. The first-order valence-electron chi connectivity index (χ1n) is 7.68. The molecule has 22 heavy (non-hydrogen) atoms. The van der Waals surface area contributed by atoms with Crippen LogP contribution < -0.4 is 4.74 Å². The van der Waals surface area contributed by atoms with Gasteiger partial charge in [0.15, 0.2) is 0 Å². The second kappa shape index (κ2) is 6.53. The first-order chi connectivity index (χ1) is 10.4. The van der Waals surface area contributed by atoms with E-state index in [-0.39, 0.29) is 11.9 Å². The normalized spacial score (nSPS) is 20.4. The molecule has 1 aromatic rings. The average molecular weight is 303 g/mol. The number of rotatable bonds is 4. The number of likely N-dealkylation sites (tertiary alicyclic amines) is 1. The van der Waals surface area contributed by atoms with E-state index < -0.39 is 5.60 Å². The van der Waals surface area contributed by atoms with Gasteiger partial charge in [-0.15, -0.1) is 0 Å². The van der Waals surface area contributed by atoms with Crippen molar-refractivity contribution in [1.29, 1.82) is 0 Å². The first-order valence-corrected chi connectivity index (χ1v) is 7.68. The first kappa shape index (κ1) is 16.6. The molecule has 0 aliphatic carbocycles. The monoisotopic (exact) mass is 303 g/mol. The highest BCUT2D eigenvalue weighted by Crippen LogP contribution is 2.35. The lowest BCUT2D eigenvalue weighted by atomic mass is 9.86. The van der Waals surface area contributed by atoms with E-state index in [0.29, 0.717) is 6.54 Å². The maximum absolute atomic E-state index is 12.4. The van der Waals surface area contributed by atoms with Gasteiger partial charge in [-0.3, -0.25) is 4.79 Å². The third-order valence-corrected chi connectivity index (χ3v) is 4.27. The van der Waals surface area contributed by atoms with Crippen LogP contribution in [-0.4, -0.2) is 35.6 Å². The molecular weight excluding hydrogens is 278 g/mol. The van der Waals surface area contributed by atoms with Crippen molar-refractivity contribution in [3.8, 4) is 5.75 Å². The van der Waals surface area contributed by atoms with Gasteiger partial charge in [0.2, 0.25) is 5.91 Å². The Hall–Kier alpha value is -1.81. The number of benzene rings is 1. The van der Waals surface area contributed by atoms with Crippen molar-refractivity contribution in [3.05, 3.63) is 41.5 Å². The van der Waals surface area contributed by atoms with Gasteiger partial charge in [-0.25, -0.2) is 0 Å². The summed E-state index contributed by atoms with van der Waals surface area (Å²) in [7, 11) is 1.62. The number of nitrogens with zero attached hydrogens (tertiary/aromatic N) is 1. The second-order valence-electron chi connectivity index (χ2n) is 6.29. The molecule has 1 aliphatic rings. The average Bonchev–Trinajstić information content (AvgIpc) is 2.97. The van der Waals surface area contributed by atoms with Gasteiger partial charge in [0.05, 0.1) is 13.2 Å². The molecule has 1 heterocycles. The van der Waals surface area contributed by atoms with Gasteiger partial charge < -0.3 is 14.7 Å². The molecule has 120 valence electrons. The van der Waals surface area contributed by atoms with Crippen molar-refractivity contribution >= 4 is 5.91 Å². The van der Waals surface area contributed by atoms with Crippen LogP contribution in [0.2, 0.25) is 0 Å². The van der Waals surface area contributed by atoms with Gasteiger partial charge in [0, 0.05) is 12.6 Å². The SMILES string of the molecule is COc1ccc([C@](C)(O)[C@H]2CCCN2C(=O)C=C(C)C)cc1. The van der Waals surface area contributed by atoms with E-state index in [9.17, 15) is 9.90 Å². The van der Waals surface area contributed by atoms with Crippen LogP contribution in [0.15, 0.2) is 35.9 Å². The van der Waals surface area contributed by atoms with Gasteiger partial charge in [0.25, 0.3) is 0 Å². The largest absolute Gasteiger partial charge is 0.497 e. The molecule has 4 heteroatoms. The summed E-state index contributed by atoms with van der Waals surface area (Å²) in [4.78, 5) is 14.2. The van der Waals surface area contributed by atoms with E-state index in [2.05, 4.69) is 0 Å². The molecule has 0 radical (unpaired) electrons. The molecule has 2 atom stereocenters. The number of hydrogen-bond donors (Lipinski definition) is 1. The molecule has 1 N–H and O–H groups in total. The maximum atomic E-state index is 12.4. The van der Waals surface area contributed by atoms with Crippen molar-refractivity contribution < 1.29 is 14.6 Å². The Morgan fingerprint density at radius 3 is 2.55 bits per heavy atom. The zero-order valence-electron chi connectivity index (χ0n) is 13.8. The van der Waals surface area contributed by atoms with Crippen molar-refractivity contribution in [2.75, 3.05) is 13.7 Å². The Balaban J connectivity index is 2.26. The Kier molecular flexibility index (Phi) is 4.91. The van der Waals surface area contributed by atoms with Crippen molar-refractivity contribution in [2.24, 2.45) is 0 Å². The van der Waals surface area contributed by atoms with Gasteiger partial charge in [-0.2, -0.15) is 0 Å². The van der Waals surface area contributed by atoms with E-state index in [1.54, 1.807) is 25.0 Å². The molecule has 2 rings (SSSR count). The molecule has 0 saturated carbocycles. The fraction of sp³-hybridized carbons (Fsp3) is 0.500. The van der Waals surface area contributed by atoms with Crippen LogP contribution in [0.4, 0.5) is 0 Å². The quantitative estimate of drug-likeness (QED) is 0.870. The van der Waals surface area contributed by atoms with Crippen LogP contribution in [0.1, 0.15) is 39.2 Å². The molecule has 0 bridgehead atoms. The minimum Gasteiger partial charge on any atom is -0.497 e. The standard InChI is InChI=1S/C18H25NO3/c1-13(2)12-17(20)19-11-5-6-16(19)18(3,21)14-7-9-15(22-4)10-8-14/h7-10,12,16,21H,5-6,11H2,1-4H3/t16-,18+/m1/s1. The van der Waals surface area contributed by atoms with Crippen molar-refractivity contribution in [1.82, 2.24) is 4.90 Å². The summed E-state index contributed by atoms with van der Waals surface area (Å²) in [5.41, 5.74) is 0.698. The molecule has 0 aromatic heterocycles. The summed E-state index contributed by atoms with van der Waals surface area (Å²) in [6.07, 6.45) is 3.36. The summed E-state index contributed by atoms with van der Waals surface area (Å²) in [6.45, 7) is 6.29. The van der Waals surface area contributed by atoms with E-state index in [1.807, 2.05) is 38.1 Å². The highest BCUT2D eigenvalue weighted by molar-refractivity contribution is 5.88. The van der Waals surface area contributed by atoms with Crippen LogP contribution >= 0.6 is 0 Å². The molecule has 1 aromatic carbocycles. The number of carbonyl (C=O) groups is 1. The maximum Gasteiger partial charge on any atom is 0.246 e. The van der Waals surface area contributed by atoms with Crippen LogP contribution in [0.3, 0.4) is 0 Å². The summed E-state index contributed by atoms with van der Waals surface area (Å²) in [5, 5.41) is 11.0. The number of ether oxygens (including phenoxy) is 1. The van der Waals surface area contributed by atoms with Crippen LogP contribution in [-0.2, 0) is 10.4 Å². The van der Waals surface area contributed by atoms with Gasteiger partial charge in [0.1, 0.15) is 11.4 Å². The number of allylic oxidation sites excluding steroid dienone is 1. The highest BCUT2D eigenvalue weighted by Gasteiger charge is 2.42. The molecule has 0 spiro atoms. The zero-order valence-corrected chi connectivity index (χ0v) is 13.8. The lowest BCUT2D eigenvalue weighted by molar-refractivity contribution is -0.132. The minimum atomic E-state index is -1.08. The van der Waals surface area contributed by atoms with Gasteiger partial charge >= 0.3 is 0 Å². The molecular formula is C18H25NO3. The lowest BCUT2D eigenvalue weighted by Gasteiger charge is -2.36. The number of amides is 1. The molecule has 0 unspecified atom stereocenters. The number of carbonyl (C=O) groups excluding carboxylic acids is 1. The van der Waals surface area contributed by atoms with Crippen molar-refractivity contribution in [2.45, 2.75) is 45.3 Å². The summed E-state index contributed by atoms with van der Waals surface area (Å²) >= 11 is 0. The number of hydrogen-bond acceptors (Lipinski definition) is 3. The summed E-state index contributed by atoms with van der Waals surface area (Å²) < 4.78 is 5.16. The van der Waals surface area contributed by atoms with E-state index >= 15 is 0 Å². The zero-order chi connectivity index (χ0) is 16.3. The smallest absolute Gasteiger partial charge is 0.246 e. The molecule has 1 amide bonds. The molecule has 1 saturated heterocycles. The number of methoxy groups -OCH3 is 1. The number of aliphatic hydroxyl groups is 1. The highest BCUT2D eigenvalue weighted by atomic mass is 16.5. The lowest BCUT2D eigenvalue weighted by Crippen LogP contribution is -2.47. The molecule has 1 aliphatic heterocycles. The molecule has 4 nitrogen and oxygen atoms in total. The van der Waals surface area contributed by atoms with Crippen molar-refractivity contribution in [3.63, 3.8) is 0 Å². The topological polar surface area (TPSA) is 49.8 Å². The van der Waals surface area contributed by atoms with Crippen LogP contribution in [0.25, 0.3) is 0 Å². The van der Waals surface area contributed by atoms with Crippen LogP contribution in [0, 0.1) is 0 Å². The Bertz CT molecular complexity index is 556. The van der Waals surface area contributed by atoms with E-state index in [1.165, 1.54) is 0 Å². The third-order valence-electron chi connectivity index (χ3n) is 4.27. The Morgan fingerprint density at radius 1 is 1.36 bits per heavy atom. The minimum absolute atomic E-state index is 0.0173.